The minimum Gasteiger partial charge on any atom is -0.357 e. The van der Waals surface area contributed by atoms with E-state index in [0.29, 0.717) is 0 Å². The van der Waals surface area contributed by atoms with Crippen molar-refractivity contribution in [1.82, 2.24) is 9.88 Å². The molecular weight excluding hydrogens is 238 g/mol. The Labute approximate surface area is 112 Å². The summed E-state index contributed by atoms with van der Waals surface area (Å²) in [6, 6.07) is 10.5. The summed E-state index contributed by atoms with van der Waals surface area (Å²) in [5.41, 5.74) is 7.77. The van der Waals surface area contributed by atoms with Gasteiger partial charge in [0.1, 0.15) is 0 Å². The van der Waals surface area contributed by atoms with E-state index in [2.05, 4.69) is 23.2 Å². The lowest BCUT2D eigenvalue weighted by atomic mass is 9.99. The quantitative estimate of drug-likeness (QED) is 0.866. The molecule has 100 valence electrons. The van der Waals surface area contributed by atoms with Gasteiger partial charge in [-0.2, -0.15) is 0 Å². The third-order valence-electron chi connectivity index (χ3n) is 3.91. The number of carbonyl (C=O) groups is 1. The van der Waals surface area contributed by atoms with Gasteiger partial charge in [-0.15, -0.1) is 0 Å². The van der Waals surface area contributed by atoms with Gasteiger partial charge in [0.2, 0.25) is 5.91 Å². The van der Waals surface area contributed by atoms with Crippen molar-refractivity contribution >= 4 is 16.8 Å². The number of hydrogen-bond acceptors (Lipinski definition) is 2. The Bertz CT molecular complexity index is 557. The van der Waals surface area contributed by atoms with Crippen LogP contribution in [0.5, 0.6) is 0 Å². The van der Waals surface area contributed by atoms with Crippen molar-refractivity contribution < 1.29 is 4.79 Å². The van der Waals surface area contributed by atoms with E-state index in [0.717, 1.165) is 37.0 Å². The molecule has 1 unspecified atom stereocenters. The molecule has 1 saturated heterocycles. The third kappa shape index (κ3) is 2.24. The maximum absolute atomic E-state index is 12.0. The fourth-order valence-corrected chi connectivity index (χ4v) is 2.95. The van der Waals surface area contributed by atoms with Crippen LogP contribution in [0.1, 0.15) is 31.0 Å². The molecule has 4 heteroatoms. The van der Waals surface area contributed by atoms with Gasteiger partial charge in [-0.25, -0.2) is 0 Å². The van der Waals surface area contributed by atoms with Gasteiger partial charge in [0.05, 0.1) is 12.6 Å². The van der Waals surface area contributed by atoms with Crippen LogP contribution < -0.4 is 5.73 Å². The first-order valence-electron chi connectivity index (χ1n) is 6.87. The van der Waals surface area contributed by atoms with Crippen molar-refractivity contribution in [1.29, 1.82) is 0 Å². The summed E-state index contributed by atoms with van der Waals surface area (Å²) < 4.78 is 0. The number of nitrogens with one attached hydrogen (secondary N) is 1. The lowest BCUT2D eigenvalue weighted by molar-refractivity contribution is -0.133. The summed E-state index contributed by atoms with van der Waals surface area (Å²) in [6.45, 7) is 0.910. The first-order valence-corrected chi connectivity index (χ1v) is 6.87. The van der Waals surface area contributed by atoms with Crippen LogP contribution >= 0.6 is 0 Å². The van der Waals surface area contributed by atoms with Gasteiger partial charge < -0.3 is 15.6 Å². The van der Waals surface area contributed by atoms with E-state index in [1.54, 1.807) is 0 Å². The summed E-state index contributed by atoms with van der Waals surface area (Å²) in [5.74, 6) is 0.0448. The largest absolute Gasteiger partial charge is 0.357 e. The molecule has 1 aromatic carbocycles. The second-order valence-corrected chi connectivity index (χ2v) is 5.11. The highest BCUT2D eigenvalue weighted by Gasteiger charge is 2.28. The van der Waals surface area contributed by atoms with Gasteiger partial charge in [-0.3, -0.25) is 4.79 Å². The Morgan fingerprint density at radius 2 is 2.21 bits per heavy atom. The molecule has 1 atom stereocenters. The molecule has 1 amide bonds. The maximum atomic E-state index is 12.0. The van der Waals surface area contributed by atoms with Crippen molar-refractivity contribution in [3.63, 3.8) is 0 Å². The minimum atomic E-state index is 0.0448. The Balaban J connectivity index is 1.95. The van der Waals surface area contributed by atoms with Crippen molar-refractivity contribution in [2.45, 2.75) is 25.3 Å². The Morgan fingerprint density at radius 1 is 1.37 bits per heavy atom. The molecule has 1 fully saturated rings. The number of piperidine rings is 1. The minimum absolute atomic E-state index is 0.0448. The molecule has 3 N–H and O–H groups in total. The molecule has 0 saturated carbocycles. The Kier molecular flexibility index (Phi) is 3.25. The van der Waals surface area contributed by atoms with Crippen molar-refractivity contribution in [2.75, 3.05) is 13.1 Å². The highest BCUT2D eigenvalue weighted by Crippen LogP contribution is 2.32. The predicted molar refractivity (Wildman–Crippen MR) is 75.7 cm³/mol. The summed E-state index contributed by atoms with van der Waals surface area (Å²) in [7, 11) is 0. The number of para-hydroxylation sites is 1. The highest BCUT2D eigenvalue weighted by molar-refractivity contribution is 5.81. The maximum Gasteiger partial charge on any atom is 0.236 e. The zero-order valence-corrected chi connectivity index (χ0v) is 10.9. The zero-order valence-electron chi connectivity index (χ0n) is 10.9. The second-order valence-electron chi connectivity index (χ2n) is 5.11. The first-order chi connectivity index (χ1) is 9.29. The van der Waals surface area contributed by atoms with Crippen LogP contribution in [0, 0.1) is 0 Å². The number of amides is 1. The van der Waals surface area contributed by atoms with Crippen LogP contribution in [0.15, 0.2) is 30.3 Å². The number of hydrogen-bond donors (Lipinski definition) is 2. The molecule has 0 aliphatic carbocycles. The predicted octanol–water partition coefficient (Wildman–Crippen LogP) is 2.18. The average molecular weight is 257 g/mol. The van der Waals surface area contributed by atoms with Gasteiger partial charge in [0.25, 0.3) is 0 Å². The molecule has 2 aromatic rings. The molecule has 0 bridgehead atoms. The lowest BCUT2D eigenvalue weighted by Gasteiger charge is -2.35. The zero-order chi connectivity index (χ0) is 13.2. The molecule has 4 nitrogen and oxygen atoms in total. The van der Waals surface area contributed by atoms with Gasteiger partial charge in [-0.1, -0.05) is 18.2 Å². The number of nitrogens with zero attached hydrogens (tertiary/aromatic N) is 1. The number of rotatable bonds is 2. The fourth-order valence-electron chi connectivity index (χ4n) is 2.95. The number of fused-ring (bicyclic) bond motifs is 1. The van der Waals surface area contributed by atoms with E-state index in [9.17, 15) is 4.79 Å². The number of benzene rings is 1. The number of likely N-dealkylation sites (tertiary alicyclic amines) is 1. The van der Waals surface area contributed by atoms with E-state index in [1.807, 2.05) is 17.0 Å². The SMILES string of the molecule is NCC(=O)N1CCCCC1c1cc2ccccc2[nH]1. The van der Waals surface area contributed by atoms with E-state index in [4.69, 9.17) is 5.73 Å². The molecule has 1 aliphatic heterocycles. The topological polar surface area (TPSA) is 62.1 Å². The Morgan fingerprint density at radius 3 is 3.00 bits per heavy atom. The normalized spacial score (nSPS) is 19.8. The molecule has 0 radical (unpaired) electrons. The monoisotopic (exact) mass is 257 g/mol. The van der Waals surface area contributed by atoms with Crippen LogP contribution in [-0.4, -0.2) is 28.9 Å². The first kappa shape index (κ1) is 12.2. The third-order valence-corrected chi connectivity index (χ3v) is 3.91. The number of H-pyrrole nitrogens is 1. The number of aromatic amines is 1. The van der Waals surface area contributed by atoms with Crippen LogP contribution in [0.25, 0.3) is 10.9 Å². The summed E-state index contributed by atoms with van der Waals surface area (Å²) >= 11 is 0. The summed E-state index contributed by atoms with van der Waals surface area (Å²) in [6.07, 6.45) is 3.25. The smallest absolute Gasteiger partial charge is 0.236 e. The van der Waals surface area contributed by atoms with E-state index in [1.165, 1.54) is 5.39 Å². The standard InChI is InChI=1S/C15H19N3O/c16-10-15(19)18-8-4-3-7-14(18)13-9-11-5-1-2-6-12(11)17-13/h1-2,5-6,9,14,17H,3-4,7-8,10,16H2. The Hall–Kier alpha value is -1.81. The molecule has 1 aliphatic rings. The van der Waals surface area contributed by atoms with Gasteiger partial charge >= 0.3 is 0 Å². The van der Waals surface area contributed by atoms with E-state index in [-0.39, 0.29) is 18.5 Å². The fraction of sp³-hybridized carbons (Fsp3) is 0.400. The molecule has 1 aromatic heterocycles. The number of aromatic nitrogens is 1. The number of carbonyl (C=O) groups excluding carboxylic acids is 1. The summed E-state index contributed by atoms with van der Waals surface area (Å²) in [4.78, 5) is 17.3. The highest BCUT2D eigenvalue weighted by atomic mass is 16.2. The van der Waals surface area contributed by atoms with E-state index < -0.39 is 0 Å². The number of nitrogens with two attached hydrogens (primary N) is 1. The summed E-state index contributed by atoms with van der Waals surface area (Å²) in [5, 5.41) is 1.20. The van der Waals surface area contributed by atoms with Crippen LogP contribution in [-0.2, 0) is 4.79 Å². The van der Waals surface area contributed by atoms with Crippen molar-refractivity contribution in [3.8, 4) is 0 Å². The van der Waals surface area contributed by atoms with Gasteiger partial charge in [-0.05, 0) is 36.8 Å². The molecular formula is C15H19N3O. The van der Waals surface area contributed by atoms with Gasteiger partial charge in [0.15, 0.2) is 0 Å². The van der Waals surface area contributed by atoms with Crippen molar-refractivity contribution in [2.24, 2.45) is 5.73 Å². The van der Waals surface area contributed by atoms with Crippen LogP contribution in [0.3, 0.4) is 0 Å². The van der Waals surface area contributed by atoms with Crippen LogP contribution in [0.4, 0.5) is 0 Å². The molecule has 3 rings (SSSR count). The lowest BCUT2D eigenvalue weighted by Crippen LogP contribution is -2.41. The molecule has 2 heterocycles. The van der Waals surface area contributed by atoms with Gasteiger partial charge in [0, 0.05) is 17.8 Å². The average Bonchev–Trinajstić information content (AvgIpc) is 2.90. The van der Waals surface area contributed by atoms with E-state index >= 15 is 0 Å². The molecule has 19 heavy (non-hydrogen) atoms. The molecule has 0 spiro atoms. The van der Waals surface area contributed by atoms with Crippen LogP contribution in [0.2, 0.25) is 0 Å². The second kappa shape index (κ2) is 5.05. The van der Waals surface area contributed by atoms with Crippen molar-refractivity contribution in [3.05, 3.63) is 36.0 Å².